The molecule has 3 rings (SSSR count). The minimum atomic E-state index is -3.50. The number of rotatable bonds is 3. The lowest BCUT2D eigenvalue weighted by atomic mass is 10.1. The summed E-state index contributed by atoms with van der Waals surface area (Å²) in [7, 11) is -3.50. The fourth-order valence-electron chi connectivity index (χ4n) is 3.57. The standard InChI is InChI=1S/C17H24N2O3S/c1-13-7-8-14(2)16(11-13)23(21,22)18-9-3-5-15(12-18)19-10-4-6-17(19)20/h7-8,11,15H,3-6,9-10,12H2,1-2H3. The van der Waals surface area contributed by atoms with Crippen molar-refractivity contribution in [3.8, 4) is 0 Å². The zero-order valence-corrected chi connectivity index (χ0v) is 14.6. The van der Waals surface area contributed by atoms with Crippen LogP contribution in [0.25, 0.3) is 0 Å². The number of amides is 1. The Balaban J connectivity index is 1.85. The maximum absolute atomic E-state index is 13.0. The van der Waals surface area contributed by atoms with Gasteiger partial charge in [-0.15, -0.1) is 0 Å². The highest BCUT2D eigenvalue weighted by Gasteiger charge is 2.36. The molecule has 1 aromatic rings. The summed E-state index contributed by atoms with van der Waals surface area (Å²) in [5, 5.41) is 0. The molecule has 0 N–H and O–H groups in total. The van der Waals surface area contributed by atoms with Crippen LogP contribution in [0, 0.1) is 13.8 Å². The number of benzene rings is 1. The summed E-state index contributed by atoms with van der Waals surface area (Å²) in [6.07, 6.45) is 3.18. The molecule has 0 spiro atoms. The summed E-state index contributed by atoms with van der Waals surface area (Å²) in [5.41, 5.74) is 1.72. The predicted molar refractivity (Wildman–Crippen MR) is 88.6 cm³/mol. The molecule has 0 radical (unpaired) electrons. The maximum atomic E-state index is 13.0. The van der Waals surface area contributed by atoms with Crippen molar-refractivity contribution in [2.45, 2.75) is 50.5 Å². The van der Waals surface area contributed by atoms with Crippen LogP contribution in [0.4, 0.5) is 0 Å². The Morgan fingerprint density at radius 3 is 2.61 bits per heavy atom. The third-order valence-corrected chi connectivity index (χ3v) is 6.88. The maximum Gasteiger partial charge on any atom is 0.243 e. The van der Waals surface area contributed by atoms with Crippen molar-refractivity contribution < 1.29 is 13.2 Å². The Morgan fingerprint density at radius 2 is 1.91 bits per heavy atom. The SMILES string of the molecule is Cc1ccc(C)c(S(=O)(=O)N2CCCC(N3CCCC3=O)C2)c1. The number of hydrogen-bond acceptors (Lipinski definition) is 3. The lowest BCUT2D eigenvalue weighted by Gasteiger charge is -2.37. The third kappa shape index (κ3) is 3.15. The van der Waals surface area contributed by atoms with Crippen LogP contribution < -0.4 is 0 Å². The molecule has 1 unspecified atom stereocenters. The third-order valence-electron chi connectivity index (χ3n) is 4.87. The molecule has 0 aromatic heterocycles. The van der Waals surface area contributed by atoms with Crippen molar-refractivity contribution in [1.29, 1.82) is 0 Å². The number of sulfonamides is 1. The molecule has 0 bridgehead atoms. The van der Waals surface area contributed by atoms with Crippen molar-refractivity contribution in [2.75, 3.05) is 19.6 Å². The van der Waals surface area contributed by atoms with E-state index in [0.29, 0.717) is 24.4 Å². The van der Waals surface area contributed by atoms with E-state index in [1.807, 2.05) is 30.9 Å². The Labute approximate surface area is 138 Å². The van der Waals surface area contributed by atoms with Crippen LogP contribution in [0.3, 0.4) is 0 Å². The summed E-state index contributed by atoms with van der Waals surface area (Å²) < 4.78 is 27.6. The van der Waals surface area contributed by atoms with E-state index in [4.69, 9.17) is 0 Å². The van der Waals surface area contributed by atoms with E-state index in [-0.39, 0.29) is 11.9 Å². The average molecular weight is 336 g/mol. The molecule has 2 heterocycles. The zero-order chi connectivity index (χ0) is 16.6. The molecule has 2 fully saturated rings. The second-order valence-electron chi connectivity index (χ2n) is 6.62. The number of carbonyl (C=O) groups is 1. The first kappa shape index (κ1) is 16.5. The summed E-state index contributed by atoms with van der Waals surface area (Å²) in [5.74, 6) is 0.168. The second kappa shape index (κ2) is 6.24. The first-order chi connectivity index (χ1) is 10.9. The first-order valence-electron chi connectivity index (χ1n) is 8.26. The zero-order valence-electron chi connectivity index (χ0n) is 13.8. The van der Waals surface area contributed by atoms with Crippen molar-refractivity contribution >= 4 is 15.9 Å². The van der Waals surface area contributed by atoms with Gasteiger partial charge in [-0.2, -0.15) is 4.31 Å². The van der Waals surface area contributed by atoms with Crippen LogP contribution in [0.15, 0.2) is 23.1 Å². The molecule has 1 atom stereocenters. The van der Waals surface area contributed by atoms with Gasteiger partial charge < -0.3 is 4.90 Å². The van der Waals surface area contributed by atoms with Gasteiger partial charge in [-0.1, -0.05) is 12.1 Å². The number of carbonyl (C=O) groups excluding carboxylic acids is 1. The topological polar surface area (TPSA) is 57.7 Å². The van der Waals surface area contributed by atoms with Crippen LogP contribution in [0.1, 0.15) is 36.8 Å². The molecule has 1 aromatic carbocycles. The van der Waals surface area contributed by atoms with Gasteiger partial charge in [0.1, 0.15) is 0 Å². The second-order valence-corrected chi connectivity index (χ2v) is 8.53. The minimum absolute atomic E-state index is 0.0265. The summed E-state index contributed by atoms with van der Waals surface area (Å²) >= 11 is 0. The fraction of sp³-hybridized carbons (Fsp3) is 0.588. The van der Waals surface area contributed by atoms with Crippen LogP contribution in [0.5, 0.6) is 0 Å². The van der Waals surface area contributed by atoms with Crippen LogP contribution >= 0.6 is 0 Å². The lowest BCUT2D eigenvalue weighted by Crippen LogP contribution is -2.50. The molecule has 23 heavy (non-hydrogen) atoms. The molecule has 0 saturated carbocycles. The van der Waals surface area contributed by atoms with Gasteiger partial charge in [0.05, 0.1) is 4.90 Å². The average Bonchev–Trinajstić information content (AvgIpc) is 2.96. The van der Waals surface area contributed by atoms with Crippen molar-refractivity contribution in [3.05, 3.63) is 29.3 Å². The quantitative estimate of drug-likeness (QED) is 0.849. The predicted octanol–water partition coefficient (Wildman–Crippen LogP) is 2.08. The molecular weight excluding hydrogens is 312 g/mol. The lowest BCUT2D eigenvalue weighted by molar-refractivity contribution is -0.130. The number of hydrogen-bond donors (Lipinski definition) is 0. The molecule has 2 saturated heterocycles. The molecule has 2 aliphatic heterocycles. The van der Waals surface area contributed by atoms with Crippen molar-refractivity contribution in [1.82, 2.24) is 9.21 Å². The molecular formula is C17H24N2O3S. The van der Waals surface area contributed by atoms with Crippen LogP contribution in [0.2, 0.25) is 0 Å². The molecule has 2 aliphatic rings. The Morgan fingerprint density at radius 1 is 1.13 bits per heavy atom. The largest absolute Gasteiger partial charge is 0.338 e. The Bertz CT molecular complexity index is 715. The van der Waals surface area contributed by atoms with E-state index >= 15 is 0 Å². The van der Waals surface area contributed by atoms with Crippen molar-refractivity contribution in [2.24, 2.45) is 0 Å². The molecule has 6 heteroatoms. The monoisotopic (exact) mass is 336 g/mol. The molecule has 5 nitrogen and oxygen atoms in total. The minimum Gasteiger partial charge on any atom is -0.338 e. The fourth-order valence-corrected chi connectivity index (χ4v) is 5.40. The number of likely N-dealkylation sites (tertiary alicyclic amines) is 1. The highest BCUT2D eigenvalue weighted by Crippen LogP contribution is 2.27. The Kier molecular flexibility index (Phi) is 4.47. The Hall–Kier alpha value is -1.40. The van der Waals surface area contributed by atoms with Crippen LogP contribution in [-0.2, 0) is 14.8 Å². The van der Waals surface area contributed by atoms with E-state index in [2.05, 4.69) is 0 Å². The highest BCUT2D eigenvalue weighted by atomic mass is 32.2. The summed E-state index contributed by atoms with van der Waals surface area (Å²) in [6.45, 7) is 5.45. The van der Waals surface area contributed by atoms with Gasteiger partial charge in [-0.05, 0) is 50.3 Å². The first-order valence-corrected chi connectivity index (χ1v) is 9.70. The van der Waals surface area contributed by atoms with Gasteiger partial charge in [-0.25, -0.2) is 8.42 Å². The van der Waals surface area contributed by atoms with E-state index in [9.17, 15) is 13.2 Å². The smallest absolute Gasteiger partial charge is 0.243 e. The van der Waals surface area contributed by atoms with Gasteiger partial charge in [0.2, 0.25) is 15.9 Å². The highest BCUT2D eigenvalue weighted by molar-refractivity contribution is 7.89. The number of piperidine rings is 1. The van der Waals surface area contributed by atoms with E-state index in [0.717, 1.165) is 36.9 Å². The summed E-state index contributed by atoms with van der Waals surface area (Å²) in [4.78, 5) is 14.2. The number of aryl methyl sites for hydroxylation is 2. The van der Waals surface area contributed by atoms with Gasteiger partial charge in [0.25, 0.3) is 0 Å². The summed E-state index contributed by atoms with van der Waals surface area (Å²) in [6, 6.07) is 5.55. The van der Waals surface area contributed by atoms with E-state index in [1.165, 1.54) is 0 Å². The van der Waals surface area contributed by atoms with Crippen molar-refractivity contribution in [3.63, 3.8) is 0 Å². The molecule has 126 valence electrons. The van der Waals surface area contributed by atoms with Crippen LogP contribution in [-0.4, -0.2) is 49.2 Å². The van der Waals surface area contributed by atoms with E-state index in [1.54, 1.807) is 10.4 Å². The number of nitrogens with zero attached hydrogens (tertiary/aromatic N) is 2. The normalized spacial score (nSPS) is 23.5. The van der Waals surface area contributed by atoms with Gasteiger partial charge in [0, 0.05) is 32.1 Å². The molecule has 1 amide bonds. The molecule has 0 aliphatic carbocycles. The van der Waals surface area contributed by atoms with E-state index < -0.39 is 10.0 Å². The van der Waals surface area contributed by atoms with Gasteiger partial charge in [-0.3, -0.25) is 4.79 Å². The van der Waals surface area contributed by atoms with Gasteiger partial charge in [0.15, 0.2) is 0 Å². The van der Waals surface area contributed by atoms with Gasteiger partial charge >= 0.3 is 0 Å².